The topological polar surface area (TPSA) is 20.5 Å². The van der Waals surface area contributed by atoms with E-state index >= 15 is 0 Å². The van der Waals surface area contributed by atoms with Crippen molar-refractivity contribution in [3.05, 3.63) is 66.1 Å². The summed E-state index contributed by atoms with van der Waals surface area (Å²) >= 11 is 0.839. The normalized spacial score (nSPS) is 14.1. The maximum absolute atomic E-state index is 13.6. The van der Waals surface area contributed by atoms with E-state index in [2.05, 4.69) is 4.98 Å². The van der Waals surface area contributed by atoms with E-state index in [1.165, 1.54) is 7.05 Å². The summed E-state index contributed by atoms with van der Waals surface area (Å²) in [5, 5.41) is 0. The highest BCUT2D eigenvalue weighted by Crippen LogP contribution is 2.42. The Bertz CT molecular complexity index is 917. The predicted molar refractivity (Wildman–Crippen MR) is 89.1 cm³/mol. The van der Waals surface area contributed by atoms with Crippen LogP contribution in [0.2, 0.25) is 0 Å². The molecule has 0 aliphatic heterocycles. The number of pyridine rings is 1. The summed E-state index contributed by atoms with van der Waals surface area (Å²) in [4.78, 5) is 4.60. The van der Waals surface area contributed by atoms with Crippen molar-refractivity contribution in [2.45, 2.75) is 23.3 Å². The van der Waals surface area contributed by atoms with Gasteiger partial charge in [-0.2, -0.15) is 26.3 Å². The Hall–Kier alpha value is -2.20. The molecule has 0 aliphatic rings. The second kappa shape index (κ2) is 7.08. The first kappa shape index (κ1) is 19.6. The second-order valence-corrected chi connectivity index (χ2v) is 6.99. The Morgan fingerprint density at radius 1 is 1.00 bits per heavy atom. The Balaban J connectivity index is 1.87. The maximum Gasteiger partial charge on any atom is 0.416 e. The van der Waals surface area contributed by atoms with Crippen LogP contribution in [0.3, 0.4) is 0 Å². The summed E-state index contributed by atoms with van der Waals surface area (Å²) in [6.07, 6.45) is -4.34. The zero-order valence-electron chi connectivity index (χ0n) is 13.8. The smallest absolute Gasteiger partial charge is 0.307 e. The molecule has 0 saturated heterocycles. The molecule has 144 valence electrons. The highest BCUT2D eigenvalue weighted by atomic mass is 32.2. The molecule has 3 aromatic rings. The molecule has 0 aliphatic carbocycles. The number of imidazole rings is 1. The van der Waals surface area contributed by atoms with Crippen LogP contribution in [0.1, 0.15) is 17.2 Å². The minimum absolute atomic E-state index is 0.271. The summed E-state index contributed by atoms with van der Waals surface area (Å²) < 4.78 is 81.5. The molecule has 2 aromatic heterocycles. The quantitative estimate of drug-likeness (QED) is 0.417. The fraction of sp³-hybridized carbons (Fsp3) is 0.235. The molecular formula is C17H13F6N3S. The largest absolute Gasteiger partial charge is 0.416 e. The van der Waals surface area contributed by atoms with Gasteiger partial charge in [-0.25, -0.2) is 9.29 Å². The van der Waals surface area contributed by atoms with Gasteiger partial charge in [-0.3, -0.25) is 0 Å². The van der Waals surface area contributed by atoms with E-state index in [1.807, 2.05) is 0 Å². The lowest BCUT2D eigenvalue weighted by atomic mass is 10.0. The van der Waals surface area contributed by atoms with E-state index in [9.17, 15) is 26.3 Å². The summed E-state index contributed by atoms with van der Waals surface area (Å²) in [6, 6.07) is 4.22. The van der Waals surface area contributed by atoms with Gasteiger partial charge < -0.3 is 4.40 Å². The number of hydrogen-bond acceptors (Lipinski definition) is 3. The van der Waals surface area contributed by atoms with Gasteiger partial charge in [-0.15, -0.1) is 0 Å². The van der Waals surface area contributed by atoms with Gasteiger partial charge in [0.15, 0.2) is 0 Å². The Labute approximate surface area is 154 Å². The molecule has 3 rings (SSSR count). The minimum atomic E-state index is -4.67. The number of halogens is 6. The lowest BCUT2D eigenvalue weighted by Crippen LogP contribution is -2.32. The lowest BCUT2D eigenvalue weighted by molar-refractivity contribution is -0.169. The van der Waals surface area contributed by atoms with Gasteiger partial charge in [0, 0.05) is 23.5 Å². The molecule has 0 fully saturated rings. The fourth-order valence-electron chi connectivity index (χ4n) is 2.63. The van der Waals surface area contributed by atoms with Gasteiger partial charge >= 0.3 is 12.4 Å². The van der Waals surface area contributed by atoms with Crippen molar-refractivity contribution in [3.63, 3.8) is 0 Å². The van der Waals surface area contributed by atoms with Crippen LogP contribution in [0.15, 0.2) is 59.9 Å². The van der Waals surface area contributed by atoms with Crippen molar-refractivity contribution in [1.82, 2.24) is 13.7 Å². The molecule has 0 amide bonds. The Morgan fingerprint density at radius 3 is 2.26 bits per heavy atom. The first-order chi connectivity index (χ1) is 12.6. The van der Waals surface area contributed by atoms with E-state index in [0.717, 1.165) is 28.4 Å². The summed E-state index contributed by atoms with van der Waals surface area (Å²) in [5.74, 6) is 0. The zero-order chi connectivity index (χ0) is 19.8. The van der Waals surface area contributed by atoms with Crippen LogP contribution in [0, 0.1) is 0 Å². The lowest BCUT2D eigenvalue weighted by Gasteiger charge is -2.29. The van der Waals surface area contributed by atoms with Crippen molar-refractivity contribution in [2.75, 3.05) is 7.05 Å². The van der Waals surface area contributed by atoms with Crippen LogP contribution in [-0.4, -0.2) is 26.9 Å². The number of fused-ring (bicyclic) bond motifs is 1. The van der Waals surface area contributed by atoms with Crippen molar-refractivity contribution in [1.29, 1.82) is 0 Å². The molecule has 1 unspecified atom stereocenters. The summed E-state index contributed by atoms with van der Waals surface area (Å²) in [5.41, 5.74) is -0.689. The second-order valence-electron chi connectivity index (χ2n) is 5.76. The van der Waals surface area contributed by atoms with Crippen LogP contribution >= 0.6 is 11.9 Å². The van der Waals surface area contributed by atoms with Crippen LogP contribution < -0.4 is 0 Å². The highest BCUT2D eigenvalue weighted by molar-refractivity contribution is 7.97. The van der Waals surface area contributed by atoms with Gasteiger partial charge in [0.25, 0.3) is 0 Å². The molecule has 1 aromatic carbocycles. The third-order valence-corrected chi connectivity index (χ3v) is 4.81. The van der Waals surface area contributed by atoms with Gasteiger partial charge in [-0.1, -0.05) is 12.1 Å². The SMILES string of the molecule is CN(Sc1ccn2ccnc2c1)C(c1ccc(C(F)(F)F)cc1)C(F)(F)F. The molecule has 0 spiro atoms. The Kier molecular flexibility index (Phi) is 5.13. The molecule has 0 N–H and O–H groups in total. The average Bonchev–Trinajstić information content (AvgIpc) is 3.01. The maximum atomic E-state index is 13.6. The highest BCUT2D eigenvalue weighted by Gasteiger charge is 2.44. The number of alkyl halides is 6. The fourth-order valence-corrected chi connectivity index (χ4v) is 3.59. The van der Waals surface area contributed by atoms with Gasteiger partial charge in [0.1, 0.15) is 11.7 Å². The first-order valence-corrected chi connectivity index (χ1v) is 8.40. The monoisotopic (exact) mass is 405 g/mol. The molecule has 0 bridgehead atoms. The van der Waals surface area contributed by atoms with Gasteiger partial charge in [-0.05, 0) is 48.8 Å². The van der Waals surface area contributed by atoms with Gasteiger partial charge in [0.05, 0.1) is 5.56 Å². The predicted octanol–water partition coefficient (Wildman–Crippen LogP) is 5.60. The minimum Gasteiger partial charge on any atom is -0.307 e. The van der Waals surface area contributed by atoms with Crippen molar-refractivity contribution >= 4 is 17.6 Å². The first-order valence-electron chi connectivity index (χ1n) is 7.63. The molecule has 0 radical (unpaired) electrons. The van der Waals surface area contributed by atoms with E-state index in [-0.39, 0.29) is 5.56 Å². The number of hydrogen-bond donors (Lipinski definition) is 0. The van der Waals surface area contributed by atoms with E-state index in [4.69, 9.17) is 0 Å². The molecule has 2 heterocycles. The number of nitrogens with zero attached hydrogens (tertiary/aromatic N) is 3. The van der Waals surface area contributed by atoms with E-state index in [1.54, 1.807) is 35.1 Å². The molecule has 3 nitrogen and oxygen atoms in total. The molecule has 0 saturated carbocycles. The number of rotatable bonds is 4. The number of benzene rings is 1. The Morgan fingerprint density at radius 2 is 1.67 bits per heavy atom. The van der Waals surface area contributed by atoms with Crippen LogP contribution in [0.4, 0.5) is 26.3 Å². The molecular weight excluding hydrogens is 392 g/mol. The van der Waals surface area contributed by atoms with Crippen molar-refractivity contribution in [2.24, 2.45) is 0 Å². The molecule has 1 atom stereocenters. The summed E-state index contributed by atoms with van der Waals surface area (Å²) in [6.45, 7) is 0. The summed E-state index contributed by atoms with van der Waals surface area (Å²) in [7, 11) is 1.25. The third kappa shape index (κ3) is 4.38. The van der Waals surface area contributed by atoms with Crippen LogP contribution in [0.5, 0.6) is 0 Å². The van der Waals surface area contributed by atoms with Crippen LogP contribution in [-0.2, 0) is 6.18 Å². The van der Waals surface area contributed by atoms with E-state index < -0.39 is 24.0 Å². The third-order valence-electron chi connectivity index (χ3n) is 3.85. The van der Waals surface area contributed by atoms with Crippen LogP contribution in [0.25, 0.3) is 5.65 Å². The average molecular weight is 405 g/mol. The van der Waals surface area contributed by atoms with Gasteiger partial charge in [0.2, 0.25) is 0 Å². The van der Waals surface area contributed by atoms with Crippen molar-refractivity contribution < 1.29 is 26.3 Å². The molecule has 10 heteroatoms. The standard InChI is InChI=1S/C17H13F6N3S/c1-25(27-13-6-8-26-9-7-24-14(26)10-13)15(17(21,22)23)11-2-4-12(5-3-11)16(18,19)20/h2-10,15H,1H3. The van der Waals surface area contributed by atoms with E-state index in [0.29, 0.717) is 22.7 Å². The zero-order valence-corrected chi connectivity index (χ0v) is 14.6. The number of aromatic nitrogens is 2. The molecule has 27 heavy (non-hydrogen) atoms. The van der Waals surface area contributed by atoms with Crippen molar-refractivity contribution in [3.8, 4) is 0 Å².